The lowest BCUT2D eigenvalue weighted by Gasteiger charge is -2.16. The van der Waals surface area contributed by atoms with Crippen LogP contribution in [0.25, 0.3) is 6.08 Å². The fourth-order valence-electron chi connectivity index (χ4n) is 2.60. The number of rotatable bonds is 6. The monoisotopic (exact) mass is 363 g/mol. The molecular formula is C22H21NO2S. The Labute approximate surface area is 155 Å². The summed E-state index contributed by atoms with van der Waals surface area (Å²) in [5.74, 6) is 0. The summed E-state index contributed by atoms with van der Waals surface area (Å²) < 4.78 is 28.4. The van der Waals surface area contributed by atoms with Crippen LogP contribution < -0.4 is 4.72 Å². The fourth-order valence-corrected chi connectivity index (χ4v) is 3.78. The van der Waals surface area contributed by atoms with Gasteiger partial charge < -0.3 is 0 Å². The molecule has 3 aromatic rings. The Morgan fingerprint density at radius 3 is 2.00 bits per heavy atom. The minimum atomic E-state index is -3.63. The molecule has 0 radical (unpaired) electrons. The third-order valence-electron chi connectivity index (χ3n) is 4.05. The quantitative estimate of drug-likeness (QED) is 0.688. The summed E-state index contributed by atoms with van der Waals surface area (Å²) in [6.45, 7) is 1.93. The summed E-state index contributed by atoms with van der Waals surface area (Å²) >= 11 is 0. The van der Waals surface area contributed by atoms with Gasteiger partial charge in [0.05, 0.1) is 10.9 Å². The first-order valence-electron chi connectivity index (χ1n) is 8.42. The first-order chi connectivity index (χ1) is 12.5. The molecule has 0 amide bonds. The number of sulfonamides is 1. The van der Waals surface area contributed by atoms with Crippen molar-refractivity contribution in [3.05, 3.63) is 108 Å². The van der Waals surface area contributed by atoms with Crippen molar-refractivity contribution < 1.29 is 8.42 Å². The molecule has 132 valence electrons. The summed E-state index contributed by atoms with van der Waals surface area (Å²) in [5.41, 5.74) is 2.92. The molecule has 0 unspecified atom stereocenters. The SMILES string of the molecule is Cc1ccc(S(=O)(=O)N[C@H](/C=C/c2ccccc2)c2ccccc2)cc1. The van der Waals surface area contributed by atoms with Crippen LogP contribution in [0.3, 0.4) is 0 Å². The molecule has 0 heterocycles. The van der Waals surface area contributed by atoms with Crippen LogP contribution in [0.4, 0.5) is 0 Å². The normalized spacial score (nSPS) is 13.0. The van der Waals surface area contributed by atoms with Gasteiger partial charge in [-0.15, -0.1) is 0 Å². The molecular weight excluding hydrogens is 342 g/mol. The third-order valence-corrected chi connectivity index (χ3v) is 5.51. The molecule has 1 atom stereocenters. The number of hydrogen-bond donors (Lipinski definition) is 1. The zero-order valence-electron chi connectivity index (χ0n) is 14.5. The second kappa shape index (κ2) is 8.13. The second-order valence-corrected chi connectivity index (χ2v) is 7.81. The number of aryl methyl sites for hydroxylation is 1. The van der Waals surface area contributed by atoms with Crippen molar-refractivity contribution in [2.75, 3.05) is 0 Å². The van der Waals surface area contributed by atoms with Crippen LogP contribution in [0.15, 0.2) is 95.9 Å². The molecule has 0 saturated heterocycles. The van der Waals surface area contributed by atoms with Gasteiger partial charge in [-0.25, -0.2) is 8.42 Å². The summed E-state index contributed by atoms with van der Waals surface area (Å²) in [7, 11) is -3.63. The van der Waals surface area contributed by atoms with Gasteiger partial charge in [-0.1, -0.05) is 90.5 Å². The molecule has 4 heteroatoms. The smallest absolute Gasteiger partial charge is 0.207 e. The van der Waals surface area contributed by atoms with Gasteiger partial charge in [0.1, 0.15) is 0 Å². The van der Waals surface area contributed by atoms with Crippen molar-refractivity contribution in [3.63, 3.8) is 0 Å². The minimum Gasteiger partial charge on any atom is -0.207 e. The van der Waals surface area contributed by atoms with Gasteiger partial charge in [-0.05, 0) is 30.2 Å². The minimum absolute atomic E-state index is 0.261. The van der Waals surface area contributed by atoms with E-state index in [1.165, 1.54) is 0 Å². The Kier molecular flexibility index (Phi) is 5.66. The Bertz CT molecular complexity index is 964. The summed E-state index contributed by atoms with van der Waals surface area (Å²) in [6, 6.07) is 25.7. The van der Waals surface area contributed by atoms with Crippen molar-refractivity contribution in [1.29, 1.82) is 0 Å². The molecule has 1 N–H and O–H groups in total. The second-order valence-electron chi connectivity index (χ2n) is 6.09. The lowest BCUT2D eigenvalue weighted by molar-refractivity contribution is 0.574. The van der Waals surface area contributed by atoms with E-state index in [4.69, 9.17) is 0 Å². The average Bonchev–Trinajstić information content (AvgIpc) is 2.67. The van der Waals surface area contributed by atoms with Crippen molar-refractivity contribution >= 4 is 16.1 Å². The van der Waals surface area contributed by atoms with Gasteiger partial charge in [0.15, 0.2) is 0 Å². The third kappa shape index (κ3) is 4.69. The van der Waals surface area contributed by atoms with E-state index in [-0.39, 0.29) is 4.90 Å². The van der Waals surface area contributed by atoms with Crippen LogP contribution in [-0.4, -0.2) is 8.42 Å². The Balaban J connectivity index is 1.91. The van der Waals surface area contributed by atoms with E-state index in [0.29, 0.717) is 0 Å². The molecule has 3 nitrogen and oxygen atoms in total. The molecule has 26 heavy (non-hydrogen) atoms. The molecule has 0 aliphatic carbocycles. The van der Waals surface area contributed by atoms with Crippen LogP contribution in [0.1, 0.15) is 22.7 Å². The first-order valence-corrected chi connectivity index (χ1v) is 9.90. The molecule has 0 bridgehead atoms. The van der Waals surface area contributed by atoms with Crippen molar-refractivity contribution in [1.82, 2.24) is 4.72 Å². The van der Waals surface area contributed by atoms with Crippen molar-refractivity contribution in [2.24, 2.45) is 0 Å². The summed E-state index contributed by atoms with van der Waals surface area (Å²) in [4.78, 5) is 0.261. The van der Waals surface area contributed by atoms with Crippen molar-refractivity contribution in [3.8, 4) is 0 Å². The molecule has 0 aliphatic heterocycles. The number of nitrogens with one attached hydrogen (secondary N) is 1. The average molecular weight is 363 g/mol. The summed E-state index contributed by atoms with van der Waals surface area (Å²) in [5, 5.41) is 0. The zero-order valence-corrected chi connectivity index (χ0v) is 15.4. The fraction of sp³-hybridized carbons (Fsp3) is 0.0909. The number of benzene rings is 3. The molecule has 0 aromatic heterocycles. The standard InChI is InChI=1S/C22H21NO2S/c1-18-12-15-21(16-13-18)26(24,25)23-22(20-10-6-3-7-11-20)17-14-19-8-4-2-5-9-19/h2-17,22-23H,1H3/b17-14+/t22-/m1/s1. The largest absolute Gasteiger partial charge is 0.241 e. The highest BCUT2D eigenvalue weighted by molar-refractivity contribution is 7.89. The molecule has 0 spiro atoms. The van der Waals surface area contributed by atoms with Gasteiger partial charge in [0.25, 0.3) is 0 Å². The Morgan fingerprint density at radius 1 is 0.808 bits per heavy atom. The summed E-state index contributed by atoms with van der Waals surface area (Å²) in [6.07, 6.45) is 3.80. The van der Waals surface area contributed by atoms with Crippen LogP contribution in [0.2, 0.25) is 0 Å². The highest BCUT2D eigenvalue weighted by Crippen LogP contribution is 2.20. The predicted octanol–water partition coefficient (Wildman–Crippen LogP) is 4.73. The van der Waals surface area contributed by atoms with E-state index in [1.54, 1.807) is 24.3 Å². The maximum absolute atomic E-state index is 12.8. The molecule has 0 saturated carbocycles. The van der Waals surface area contributed by atoms with E-state index in [9.17, 15) is 8.42 Å². The molecule has 0 fully saturated rings. The van der Waals surface area contributed by atoms with Crippen LogP contribution in [-0.2, 0) is 10.0 Å². The lowest BCUT2D eigenvalue weighted by Crippen LogP contribution is -2.27. The van der Waals surface area contributed by atoms with Gasteiger partial charge in [-0.3, -0.25) is 0 Å². The van der Waals surface area contributed by atoms with E-state index in [2.05, 4.69) is 4.72 Å². The van der Waals surface area contributed by atoms with E-state index >= 15 is 0 Å². The van der Waals surface area contributed by atoms with Crippen LogP contribution >= 0.6 is 0 Å². The zero-order chi connectivity index (χ0) is 18.4. The highest BCUT2D eigenvalue weighted by atomic mass is 32.2. The molecule has 3 rings (SSSR count). The van der Waals surface area contributed by atoms with Crippen LogP contribution in [0, 0.1) is 6.92 Å². The highest BCUT2D eigenvalue weighted by Gasteiger charge is 2.19. The maximum Gasteiger partial charge on any atom is 0.241 e. The topological polar surface area (TPSA) is 46.2 Å². The Morgan fingerprint density at radius 2 is 1.38 bits per heavy atom. The van der Waals surface area contributed by atoms with E-state index < -0.39 is 16.1 Å². The van der Waals surface area contributed by atoms with Crippen LogP contribution in [0.5, 0.6) is 0 Å². The Hall–Kier alpha value is -2.69. The molecule has 3 aromatic carbocycles. The van der Waals surface area contributed by atoms with Gasteiger partial charge in [0, 0.05) is 0 Å². The first kappa shape index (κ1) is 18.1. The van der Waals surface area contributed by atoms with E-state index in [0.717, 1.165) is 16.7 Å². The lowest BCUT2D eigenvalue weighted by atomic mass is 10.1. The van der Waals surface area contributed by atoms with Gasteiger partial charge in [-0.2, -0.15) is 4.72 Å². The molecule has 0 aliphatic rings. The van der Waals surface area contributed by atoms with Gasteiger partial charge in [0.2, 0.25) is 10.0 Å². The number of hydrogen-bond acceptors (Lipinski definition) is 2. The van der Waals surface area contributed by atoms with Gasteiger partial charge >= 0.3 is 0 Å². The maximum atomic E-state index is 12.8. The van der Waals surface area contributed by atoms with Crippen molar-refractivity contribution in [2.45, 2.75) is 17.9 Å². The predicted molar refractivity (Wildman–Crippen MR) is 106 cm³/mol. The van der Waals surface area contributed by atoms with E-state index in [1.807, 2.05) is 79.7 Å².